The first-order chi connectivity index (χ1) is 18.1. The molecule has 1 fully saturated rings. The van der Waals surface area contributed by atoms with Gasteiger partial charge in [0.25, 0.3) is 0 Å². The van der Waals surface area contributed by atoms with Crippen molar-refractivity contribution < 1.29 is 34.2 Å². The summed E-state index contributed by atoms with van der Waals surface area (Å²) in [5, 5.41) is 30.3. The minimum Gasteiger partial charge on any atom is -0.481 e. The summed E-state index contributed by atoms with van der Waals surface area (Å²) < 4.78 is 0. The highest BCUT2D eigenvalue weighted by Gasteiger charge is 2.33. The number of nitrogens with one attached hydrogen (secondary N) is 5. The lowest BCUT2D eigenvalue weighted by molar-refractivity contribution is -0.143. The number of aromatic amines is 1. The molecule has 3 amide bonds. The molecule has 0 aliphatic carbocycles. The Bertz CT molecular complexity index is 1170. The van der Waals surface area contributed by atoms with E-state index in [0.717, 1.165) is 22.9 Å². The Balaban J connectivity index is 1.84. The number of carbonyl (C=O) groups excluding carboxylic acids is 3. The number of H-pyrrole nitrogens is 1. The zero-order chi connectivity index (χ0) is 27.8. The highest BCUT2D eigenvalue weighted by Crippen LogP contribution is 2.19. The van der Waals surface area contributed by atoms with E-state index >= 15 is 0 Å². The fourth-order valence-electron chi connectivity index (χ4n) is 4.49. The number of aliphatic carboxylic acids is 2. The van der Waals surface area contributed by atoms with Crippen LogP contribution in [0, 0.1) is 5.92 Å². The van der Waals surface area contributed by atoms with E-state index in [9.17, 15) is 29.1 Å². The highest BCUT2D eigenvalue weighted by atomic mass is 16.4. The largest absolute Gasteiger partial charge is 0.481 e. The fraction of sp³-hybridized carbons (Fsp3) is 0.500. The number of amides is 3. The maximum Gasteiger partial charge on any atom is 0.326 e. The lowest BCUT2D eigenvalue weighted by Crippen LogP contribution is -2.58. The maximum atomic E-state index is 13.3. The Morgan fingerprint density at radius 2 is 1.71 bits per heavy atom. The molecule has 1 aromatic carbocycles. The van der Waals surface area contributed by atoms with Crippen molar-refractivity contribution in [2.24, 2.45) is 5.92 Å². The number of para-hydroxylation sites is 1. The van der Waals surface area contributed by atoms with Crippen molar-refractivity contribution in [3.05, 3.63) is 36.0 Å². The van der Waals surface area contributed by atoms with E-state index < -0.39 is 59.7 Å². The second-order valence-corrected chi connectivity index (χ2v) is 9.84. The minimum atomic E-state index is -1.21. The highest BCUT2D eigenvalue weighted by molar-refractivity contribution is 5.95. The monoisotopic (exact) mass is 529 g/mol. The van der Waals surface area contributed by atoms with Gasteiger partial charge in [-0.25, -0.2) is 4.79 Å². The summed E-state index contributed by atoms with van der Waals surface area (Å²) in [5.74, 6) is -4.61. The number of carbonyl (C=O) groups is 5. The first kappa shape index (κ1) is 28.6. The lowest BCUT2D eigenvalue weighted by Gasteiger charge is -2.26. The molecule has 2 aromatic rings. The zero-order valence-electron chi connectivity index (χ0n) is 21.5. The molecule has 12 heteroatoms. The number of hydrogen-bond acceptors (Lipinski definition) is 6. The van der Waals surface area contributed by atoms with Gasteiger partial charge in [-0.15, -0.1) is 0 Å². The molecule has 2 heterocycles. The third kappa shape index (κ3) is 7.54. The summed E-state index contributed by atoms with van der Waals surface area (Å²) in [6.07, 6.45) is 2.60. The molecular weight excluding hydrogens is 494 g/mol. The molecule has 206 valence electrons. The van der Waals surface area contributed by atoms with Gasteiger partial charge in [-0.1, -0.05) is 32.0 Å². The average molecular weight is 530 g/mol. The molecule has 3 rings (SSSR count). The Labute approximate surface area is 219 Å². The van der Waals surface area contributed by atoms with Crippen LogP contribution >= 0.6 is 0 Å². The SMILES string of the molecule is CC(C)C(NC(=O)C(Cc1c[nH]c2ccccc12)NC(=O)C(CCC(=O)O)NC(=O)C1CCCN1)C(=O)O. The average Bonchev–Trinajstić information content (AvgIpc) is 3.54. The lowest BCUT2D eigenvalue weighted by atomic mass is 10.0. The Kier molecular flexibility index (Phi) is 9.83. The van der Waals surface area contributed by atoms with Crippen LogP contribution in [0.4, 0.5) is 0 Å². The first-order valence-electron chi connectivity index (χ1n) is 12.7. The second kappa shape index (κ2) is 13.0. The van der Waals surface area contributed by atoms with Crippen molar-refractivity contribution in [1.29, 1.82) is 0 Å². The van der Waals surface area contributed by atoms with Gasteiger partial charge in [0.1, 0.15) is 18.1 Å². The molecule has 4 unspecified atom stereocenters. The number of aromatic nitrogens is 1. The van der Waals surface area contributed by atoms with Gasteiger partial charge in [0.15, 0.2) is 0 Å². The quantitative estimate of drug-likeness (QED) is 0.195. The molecule has 38 heavy (non-hydrogen) atoms. The van der Waals surface area contributed by atoms with Gasteiger partial charge in [-0.2, -0.15) is 0 Å². The number of carboxylic acid groups (broad SMARTS) is 2. The van der Waals surface area contributed by atoms with Crippen LogP contribution in [0.25, 0.3) is 10.9 Å². The summed E-state index contributed by atoms with van der Waals surface area (Å²) in [4.78, 5) is 65.3. The molecular formula is C26H35N5O7. The van der Waals surface area contributed by atoms with Gasteiger partial charge in [0.05, 0.1) is 6.04 Å². The van der Waals surface area contributed by atoms with Crippen molar-refractivity contribution in [3.63, 3.8) is 0 Å². The number of carboxylic acids is 2. The van der Waals surface area contributed by atoms with Crippen molar-refractivity contribution in [1.82, 2.24) is 26.3 Å². The topological polar surface area (TPSA) is 190 Å². The minimum absolute atomic E-state index is 0.0375. The molecule has 7 N–H and O–H groups in total. The molecule has 0 saturated carbocycles. The van der Waals surface area contributed by atoms with Gasteiger partial charge < -0.3 is 36.5 Å². The van der Waals surface area contributed by atoms with E-state index in [1.54, 1.807) is 20.0 Å². The number of rotatable bonds is 13. The van der Waals surface area contributed by atoms with E-state index in [1.807, 2.05) is 24.3 Å². The summed E-state index contributed by atoms with van der Waals surface area (Å²) >= 11 is 0. The molecule has 0 bridgehead atoms. The van der Waals surface area contributed by atoms with Crippen LogP contribution < -0.4 is 21.3 Å². The number of hydrogen-bond donors (Lipinski definition) is 7. The van der Waals surface area contributed by atoms with Gasteiger partial charge in [0.2, 0.25) is 17.7 Å². The molecule has 4 atom stereocenters. The molecule has 1 aromatic heterocycles. The van der Waals surface area contributed by atoms with Crippen LogP contribution in [0.15, 0.2) is 30.5 Å². The molecule has 12 nitrogen and oxygen atoms in total. The van der Waals surface area contributed by atoms with Gasteiger partial charge in [-0.05, 0) is 43.4 Å². The number of fused-ring (bicyclic) bond motifs is 1. The van der Waals surface area contributed by atoms with Gasteiger partial charge >= 0.3 is 11.9 Å². The zero-order valence-corrected chi connectivity index (χ0v) is 21.5. The van der Waals surface area contributed by atoms with Crippen molar-refractivity contribution in [2.75, 3.05) is 6.54 Å². The van der Waals surface area contributed by atoms with Crippen LogP contribution in [0.3, 0.4) is 0 Å². The molecule has 0 spiro atoms. The summed E-state index contributed by atoms with van der Waals surface area (Å²) in [5.41, 5.74) is 1.55. The van der Waals surface area contributed by atoms with Crippen LogP contribution in [-0.2, 0) is 30.4 Å². The van der Waals surface area contributed by atoms with Crippen molar-refractivity contribution in [2.45, 2.75) is 70.1 Å². The van der Waals surface area contributed by atoms with E-state index in [2.05, 4.69) is 26.3 Å². The van der Waals surface area contributed by atoms with Gasteiger partial charge in [0, 0.05) is 29.9 Å². The van der Waals surface area contributed by atoms with Crippen molar-refractivity contribution in [3.8, 4) is 0 Å². The summed E-state index contributed by atoms with van der Waals surface area (Å²) in [7, 11) is 0. The third-order valence-corrected chi connectivity index (χ3v) is 6.62. The normalized spacial score (nSPS) is 17.5. The van der Waals surface area contributed by atoms with E-state index in [4.69, 9.17) is 5.11 Å². The van der Waals surface area contributed by atoms with E-state index in [-0.39, 0.29) is 19.3 Å². The Hall–Kier alpha value is -3.93. The van der Waals surface area contributed by atoms with E-state index in [1.165, 1.54) is 0 Å². The maximum absolute atomic E-state index is 13.3. The first-order valence-corrected chi connectivity index (χ1v) is 12.7. The smallest absolute Gasteiger partial charge is 0.326 e. The van der Waals surface area contributed by atoms with Crippen LogP contribution in [0.1, 0.15) is 45.1 Å². The standard InChI is InChI=1S/C26H35N5O7/c1-14(2)22(26(37)38)31-25(36)20(12-15-13-28-17-7-4-3-6-16(15)17)30-24(35)19(9-10-21(32)33)29-23(34)18-8-5-11-27-18/h3-4,6-7,13-14,18-20,22,27-28H,5,8-12H2,1-2H3,(H,29,34)(H,30,35)(H,31,36)(H,32,33)(H,37,38). The molecule has 1 aliphatic rings. The van der Waals surface area contributed by atoms with Crippen LogP contribution in [-0.4, -0.2) is 75.6 Å². The molecule has 0 radical (unpaired) electrons. The van der Waals surface area contributed by atoms with Crippen LogP contribution in [0.5, 0.6) is 0 Å². The van der Waals surface area contributed by atoms with Crippen molar-refractivity contribution >= 4 is 40.6 Å². The number of benzene rings is 1. The second-order valence-electron chi connectivity index (χ2n) is 9.84. The summed E-state index contributed by atoms with van der Waals surface area (Å²) in [6, 6.07) is 3.36. The van der Waals surface area contributed by atoms with Gasteiger partial charge in [-0.3, -0.25) is 19.2 Å². The predicted octanol–water partition coefficient (Wildman–Crippen LogP) is 0.522. The summed E-state index contributed by atoms with van der Waals surface area (Å²) in [6.45, 7) is 3.97. The molecule has 1 aliphatic heterocycles. The fourth-order valence-corrected chi connectivity index (χ4v) is 4.49. The third-order valence-electron chi connectivity index (χ3n) is 6.62. The Morgan fingerprint density at radius 1 is 1.00 bits per heavy atom. The van der Waals surface area contributed by atoms with E-state index in [0.29, 0.717) is 13.0 Å². The van der Waals surface area contributed by atoms with Crippen LogP contribution in [0.2, 0.25) is 0 Å². The Morgan fingerprint density at radius 3 is 2.34 bits per heavy atom. The predicted molar refractivity (Wildman–Crippen MR) is 138 cm³/mol. The molecule has 1 saturated heterocycles.